The molecule has 2 aromatic carbocycles. The number of hydrogen-bond acceptors (Lipinski definition) is 2. The Morgan fingerprint density at radius 1 is 1.20 bits per heavy atom. The third kappa shape index (κ3) is 3.17. The maximum atomic E-state index is 10.9. The Morgan fingerprint density at radius 3 is 2.55 bits per heavy atom. The third-order valence-electron chi connectivity index (χ3n) is 3.89. The van der Waals surface area contributed by atoms with Crippen LogP contribution in [0.2, 0.25) is 0 Å². The van der Waals surface area contributed by atoms with Crippen LogP contribution >= 0.6 is 0 Å². The molecule has 0 spiro atoms. The van der Waals surface area contributed by atoms with Crippen molar-refractivity contribution in [2.24, 2.45) is 5.73 Å². The minimum absolute atomic E-state index is 0.262. The summed E-state index contributed by atoms with van der Waals surface area (Å²) < 4.78 is 5.70. The summed E-state index contributed by atoms with van der Waals surface area (Å²) in [5, 5.41) is 2.41. The Morgan fingerprint density at radius 2 is 1.90 bits per heavy atom. The summed E-state index contributed by atoms with van der Waals surface area (Å²) in [5.74, 6) is -0.262. The zero-order chi connectivity index (χ0) is 14.6. The number of carbonyl (C=O) groups is 1. The number of fused-ring (bicyclic) bond motifs is 1. The lowest BCUT2D eigenvalue weighted by Gasteiger charge is -2.29. The molecule has 1 unspecified atom stereocenters. The number of ether oxygens (including phenoxy) is 1. The summed E-state index contributed by atoms with van der Waals surface area (Å²) in [4.78, 5) is 10.9. The number of hydrogen-bond donors (Lipinski definition) is 1. The summed E-state index contributed by atoms with van der Waals surface area (Å²) in [6.45, 7) is 2.05. The van der Waals surface area contributed by atoms with Gasteiger partial charge in [-0.1, -0.05) is 36.4 Å². The Bertz CT molecular complexity index is 609. The lowest BCUT2D eigenvalue weighted by atomic mass is 9.88. The van der Waals surface area contributed by atoms with Crippen molar-refractivity contribution < 1.29 is 9.53 Å². The summed E-state index contributed by atoms with van der Waals surface area (Å²) in [6, 6.07) is 14.6. The van der Waals surface area contributed by atoms with E-state index >= 15 is 0 Å². The van der Waals surface area contributed by atoms with Crippen molar-refractivity contribution in [2.75, 3.05) is 7.11 Å². The minimum Gasteiger partial charge on any atom is -0.374 e. The van der Waals surface area contributed by atoms with Crippen LogP contribution in [-0.4, -0.2) is 13.0 Å². The Balaban J connectivity index is 2.25. The van der Waals surface area contributed by atoms with Gasteiger partial charge < -0.3 is 10.5 Å². The van der Waals surface area contributed by atoms with Crippen molar-refractivity contribution in [2.45, 2.75) is 31.8 Å². The minimum atomic E-state index is -0.389. The molecule has 2 rings (SSSR count). The monoisotopic (exact) mass is 271 g/mol. The highest BCUT2D eigenvalue weighted by atomic mass is 16.5. The molecule has 1 amide bonds. The van der Waals surface area contributed by atoms with Crippen molar-refractivity contribution >= 4 is 16.7 Å². The van der Waals surface area contributed by atoms with E-state index in [-0.39, 0.29) is 11.5 Å². The average Bonchev–Trinajstić information content (AvgIpc) is 2.46. The highest BCUT2D eigenvalue weighted by Crippen LogP contribution is 2.32. The SMILES string of the molecule is COC(C)(CCCC(N)=O)c1ccc2ccccc2c1. The van der Waals surface area contributed by atoms with Crippen LogP contribution in [0, 0.1) is 0 Å². The maximum Gasteiger partial charge on any atom is 0.217 e. The molecule has 2 N–H and O–H groups in total. The molecule has 0 aliphatic rings. The van der Waals surface area contributed by atoms with E-state index in [4.69, 9.17) is 10.5 Å². The van der Waals surface area contributed by atoms with Gasteiger partial charge in [-0.2, -0.15) is 0 Å². The number of amides is 1. The number of primary amides is 1. The molecule has 0 aromatic heterocycles. The van der Waals surface area contributed by atoms with Gasteiger partial charge in [-0.15, -0.1) is 0 Å². The van der Waals surface area contributed by atoms with Crippen LogP contribution in [0.4, 0.5) is 0 Å². The molecule has 3 nitrogen and oxygen atoms in total. The van der Waals surface area contributed by atoms with E-state index in [1.165, 1.54) is 10.8 Å². The lowest BCUT2D eigenvalue weighted by Crippen LogP contribution is -2.25. The van der Waals surface area contributed by atoms with Crippen LogP contribution in [0.25, 0.3) is 10.8 Å². The smallest absolute Gasteiger partial charge is 0.217 e. The first kappa shape index (κ1) is 14.5. The molecule has 2 aromatic rings. The van der Waals surface area contributed by atoms with E-state index in [0.29, 0.717) is 6.42 Å². The first-order valence-corrected chi connectivity index (χ1v) is 6.88. The van der Waals surface area contributed by atoms with Crippen LogP contribution in [0.1, 0.15) is 31.7 Å². The Kier molecular flexibility index (Phi) is 4.40. The van der Waals surface area contributed by atoms with Crippen LogP contribution in [0.5, 0.6) is 0 Å². The van der Waals surface area contributed by atoms with Gasteiger partial charge in [0.25, 0.3) is 0 Å². The predicted molar refractivity (Wildman–Crippen MR) is 81.4 cm³/mol. The molecule has 20 heavy (non-hydrogen) atoms. The summed E-state index contributed by atoms with van der Waals surface area (Å²) in [7, 11) is 1.71. The number of carbonyl (C=O) groups excluding carboxylic acids is 1. The standard InChI is InChI=1S/C17H21NO2/c1-17(20-2,11-5-8-16(18)19)15-10-9-13-6-3-4-7-14(13)12-15/h3-4,6-7,9-10,12H,5,8,11H2,1-2H3,(H2,18,19). The van der Waals surface area contributed by atoms with Gasteiger partial charge in [0.15, 0.2) is 0 Å². The number of rotatable bonds is 6. The van der Waals surface area contributed by atoms with Crippen LogP contribution < -0.4 is 5.73 Å². The summed E-state index contributed by atoms with van der Waals surface area (Å²) >= 11 is 0. The van der Waals surface area contributed by atoms with E-state index in [1.807, 2.05) is 12.1 Å². The van der Waals surface area contributed by atoms with E-state index in [0.717, 1.165) is 18.4 Å². The molecule has 3 heteroatoms. The van der Waals surface area contributed by atoms with Gasteiger partial charge in [-0.3, -0.25) is 4.79 Å². The molecular weight excluding hydrogens is 250 g/mol. The van der Waals surface area contributed by atoms with E-state index in [2.05, 4.69) is 37.3 Å². The summed E-state index contributed by atoms with van der Waals surface area (Å²) in [6.07, 6.45) is 1.89. The van der Waals surface area contributed by atoms with Crippen molar-refractivity contribution in [3.63, 3.8) is 0 Å². The van der Waals surface area contributed by atoms with Gasteiger partial charge in [0, 0.05) is 13.5 Å². The first-order valence-electron chi connectivity index (χ1n) is 6.88. The molecule has 0 aliphatic heterocycles. The first-order chi connectivity index (χ1) is 9.55. The van der Waals surface area contributed by atoms with Crippen molar-refractivity contribution in [3.05, 3.63) is 48.0 Å². The van der Waals surface area contributed by atoms with Gasteiger partial charge in [-0.25, -0.2) is 0 Å². The Hall–Kier alpha value is -1.87. The van der Waals surface area contributed by atoms with Gasteiger partial charge in [-0.05, 0) is 42.2 Å². The van der Waals surface area contributed by atoms with Gasteiger partial charge in [0.1, 0.15) is 0 Å². The van der Waals surface area contributed by atoms with Crippen LogP contribution in [-0.2, 0) is 15.1 Å². The number of nitrogens with two attached hydrogens (primary N) is 1. The molecule has 0 radical (unpaired) electrons. The predicted octanol–water partition coefficient (Wildman–Crippen LogP) is 3.36. The van der Waals surface area contributed by atoms with Crippen LogP contribution in [0.15, 0.2) is 42.5 Å². The fraction of sp³-hybridized carbons (Fsp3) is 0.353. The van der Waals surface area contributed by atoms with Gasteiger partial charge >= 0.3 is 0 Å². The van der Waals surface area contributed by atoms with E-state index in [9.17, 15) is 4.79 Å². The van der Waals surface area contributed by atoms with Crippen molar-refractivity contribution in [3.8, 4) is 0 Å². The Labute approximate surface area is 119 Å². The fourth-order valence-electron chi connectivity index (χ4n) is 2.48. The molecule has 106 valence electrons. The van der Waals surface area contributed by atoms with Crippen molar-refractivity contribution in [1.29, 1.82) is 0 Å². The lowest BCUT2D eigenvalue weighted by molar-refractivity contribution is -0.118. The quantitative estimate of drug-likeness (QED) is 0.876. The molecule has 0 saturated heterocycles. The largest absolute Gasteiger partial charge is 0.374 e. The van der Waals surface area contributed by atoms with Gasteiger partial charge in [0.2, 0.25) is 5.91 Å². The molecular formula is C17H21NO2. The topological polar surface area (TPSA) is 52.3 Å². The fourth-order valence-corrected chi connectivity index (χ4v) is 2.48. The van der Waals surface area contributed by atoms with E-state index < -0.39 is 0 Å². The molecule has 0 aliphatic carbocycles. The molecule has 1 atom stereocenters. The second-order valence-electron chi connectivity index (χ2n) is 5.32. The average molecular weight is 271 g/mol. The second kappa shape index (κ2) is 6.06. The molecule has 0 heterocycles. The van der Waals surface area contributed by atoms with E-state index in [1.54, 1.807) is 7.11 Å². The second-order valence-corrected chi connectivity index (χ2v) is 5.32. The number of benzene rings is 2. The highest BCUT2D eigenvalue weighted by Gasteiger charge is 2.26. The molecule has 0 bridgehead atoms. The highest BCUT2D eigenvalue weighted by molar-refractivity contribution is 5.83. The summed E-state index contributed by atoms with van der Waals surface area (Å²) in [5.41, 5.74) is 5.94. The zero-order valence-electron chi connectivity index (χ0n) is 12.1. The maximum absolute atomic E-state index is 10.9. The van der Waals surface area contributed by atoms with Crippen molar-refractivity contribution in [1.82, 2.24) is 0 Å². The van der Waals surface area contributed by atoms with Crippen LogP contribution in [0.3, 0.4) is 0 Å². The third-order valence-corrected chi connectivity index (χ3v) is 3.89. The zero-order valence-corrected chi connectivity index (χ0v) is 12.1. The normalized spacial score (nSPS) is 14.1. The van der Waals surface area contributed by atoms with Gasteiger partial charge in [0.05, 0.1) is 5.60 Å². The molecule has 0 fully saturated rings. The number of methoxy groups -OCH3 is 1. The molecule has 0 saturated carbocycles.